The maximum atomic E-state index is 12.3. The minimum Gasteiger partial charge on any atom is -0.478 e. The quantitative estimate of drug-likeness (QED) is 0.749. The van der Waals surface area contributed by atoms with E-state index in [4.69, 9.17) is 5.11 Å². The lowest BCUT2D eigenvalue weighted by atomic mass is 10.1. The smallest absolute Gasteiger partial charge is 0.336 e. The molecule has 2 atom stereocenters. The average Bonchev–Trinajstić information content (AvgIpc) is 2.74. The minimum atomic E-state index is -3.67. The standard InChI is InChI=1S/C13H16INO4S/c1-8-3-2-4-12(8)15-20(18,19)9-5-6-11(14)10(7-9)13(16)17/h5-8,12,15H,2-4H2,1H3,(H,16,17). The number of carboxylic acids is 1. The molecule has 1 fully saturated rings. The predicted octanol–water partition coefficient (Wildman–Crippen LogP) is 2.46. The van der Waals surface area contributed by atoms with Crippen LogP contribution in [0.4, 0.5) is 0 Å². The van der Waals surface area contributed by atoms with Crippen molar-refractivity contribution in [3.05, 3.63) is 27.3 Å². The highest BCUT2D eigenvalue weighted by atomic mass is 127. The molecule has 0 aliphatic heterocycles. The molecule has 0 bridgehead atoms. The monoisotopic (exact) mass is 409 g/mol. The Morgan fingerprint density at radius 1 is 1.40 bits per heavy atom. The van der Waals surface area contributed by atoms with E-state index < -0.39 is 16.0 Å². The van der Waals surface area contributed by atoms with E-state index in [-0.39, 0.29) is 16.5 Å². The van der Waals surface area contributed by atoms with E-state index in [0.717, 1.165) is 19.3 Å². The molecule has 1 saturated carbocycles. The van der Waals surface area contributed by atoms with Crippen LogP contribution in [0.5, 0.6) is 0 Å². The summed E-state index contributed by atoms with van der Waals surface area (Å²) in [5.74, 6) is -0.812. The fraction of sp³-hybridized carbons (Fsp3) is 0.462. The van der Waals surface area contributed by atoms with Crippen molar-refractivity contribution < 1.29 is 18.3 Å². The molecule has 5 nitrogen and oxygen atoms in total. The molecule has 2 rings (SSSR count). The molecule has 1 aromatic rings. The van der Waals surface area contributed by atoms with E-state index in [1.807, 2.05) is 29.5 Å². The van der Waals surface area contributed by atoms with Crippen molar-refractivity contribution in [2.24, 2.45) is 5.92 Å². The molecule has 0 spiro atoms. The summed E-state index contributed by atoms with van der Waals surface area (Å²) in [6, 6.07) is 4.10. The van der Waals surface area contributed by atoms with Gasteiger partial charge in [0.15, 0.2) is 0 Å². The molecular weight excluding hydrogens is 393 g/mol. The number of nitrogens with one attached hydrogen (secondary N) is 1. The number of carbonyl (C=O) groups is 1. The van der Waals surface area contributed by atoms with Gasteiger partial charge in [-0.3, -0.25) is 0 Å². The van der Waals surface area contributed by atoms with Gasteiger partial charge in [0.05, 0.1) is 10.5 Å². The molecule has 7 heteroatoms. The number of sulfonamides is 1. The van der Waals surface area contributed by atoms with Crippen molar-refractivity contribution in [2.45, 2.75) is 37.1 Å². The molecule has 110 valence electrons. The lowest BCUT2D eigenvalue weighted by Crippen LogP contribution is -2.36. The van der Waals surface area contributed by atoms with Crippen molar-refractivity contribution in [2.75, 3.05) is 0 Å². The van der Waals surface area contributed by atoms with Crippen molar-refractivity contribution in [1.82, 2.24) is 4.72 Å². The summed E-state index contributed by atoms with van der Waals surface area (Å²) in [6.45, 7) is 2.02. The van der Waals surface area contributed by atoms with E-state index in [9.17, 15) is 13.2 Å². The predicted molar refractivity (Wildman–Crippen MR) is 83.2 cm³/mol. The molecule has 0 radical (unpaired) electrons. The number of rotatable bonds is 4. The molecule has 20 heavy (non-hydrogen) atoms. The van der Waals surface area contributed by atoms with E-state index in [1.165, 1.54) is 18.2 Å². The van der Waals surface area contributed by atoms with E-state index in [0.29, 0.717) is 9.49 Å². The van der Waals surface area contributed by atoms with Crippen LogP contribution < -0.4 is 4.72 Å². The first kappa shape index (κ1) is 15.7. The van der Waals surface area contributed by atoms with Gasteiger partial charge in [0.2, 0.25) is 10.0 Å². The summed E-state index contributed by atoms with van der Waals surface area (Å²) in [7, 11) is -3.67. The maximum Gasteiger partial charge on any atom is 0.336 e. The second kappa shape index (κ2) is 5.98. The van der Waals surface area contributed by atoms with E-state index in [1.54, 1.807) is 0 Å². The molecule has 0 heterocycles. The van der Waals surface area contributed by atoms with Crippen LogP contribution in [0.15, 0.2) is 23.1 Å². The van der Waals surface area contributed by atoms with Gasteiger partial charge in [-0.1, -0.05) is 13.3 Å². The molecule has 1 aliphatic rings. The lowest BCUT2D eigenvalue weighted by molar-refractivity contribution is 0.0695. The van der Waals surface area contributed by atoms with Gasteiger partial charge in [0.1, 0.15) is 0 Å². The van der Waals surface area contributed by atoms with Crippen LogP contribution in [0.1, 0.15) is 36.5 Å². The molecule has 2 unspecified atom stereocenters. The zero-order valence-corrected chi connectivity index (χ0v) is 13.9. The van der Waals surface area contributed by atoms with Crippen LogP contribution in [0.25, 0.3) is 0 Å². The third-order valence-corrected chi connectivity index (χ3v) is 6.07. The highest BCUT2D eigenvalue weighted by Crippen LogP contribution is 2.27. The Kier molecular flexibility index (Phi) is 4.70. The fourth-order valence-corrected chi connectivity index (χ4v) is 4.39. The summed E-state index contributed by atoms with van der Waals surface area (Å²) in [6.07, 6.45) is 2.86. The third kappa shape index (κ3) is 3.32. The zero-order valence-electron chi connectivity index (χ0n) is 11.0. The SMILES string of the molecule is CC1CCCC1NS(=O)(=O)c1ccc(I)c(C(=O)O)c1. The van der Waals surface area contributed by atoms with Gasteiger partial charge in [-0.25, -0.2) is 17.9 Å². The summed E-state index contributed by atoms with van der Waals surface area (Å²) in [5, 5.41) is 9.06. The highest BCUT2D eigenvalue weighted by molar-refractivity contribution is 14.1. The first-order valence-electron chi connectivity index (χ1n) is 6.36. The average molecular weight is 409 g/mol. The van der Waals surface area contributed by atoms with Crippen LogP contribution in [-0.4, -0.2) is 25.5 Å². The van der Waals surface area contributed by atoms with E-state index in [2.05, 4.69) is 4.72 Å². The summed E-state index contributed by atoms with van der Waals surface area (Å²) in [4.78, 5) is 11.1. The Balaban J connectivity index is 2.30. The Hall–Kier alpha value is -0.670. The van der Waals surface area contributed by atoms with Crippen molar-refractivity contribution in [1.29, 1.82) is 0 Å². The largest absolute Gasteiger partial charge is 0.478 e. The summed E-state index contributed by atoms with van der Waals surface area (Å²) < 4.78 is 27.8. The van der Waals surface area contributed by atoms with Gasteiger partial charge in [-0.15, -0.1) is 0 Å². The number of benzene rings is 1. The second-order valence-corrected chi connectivity index (χ2v) is 7.96. The number of halogens is 1. The number of hydrogen-bond donors (Lipinski definition) is 2. The second-order valence-electron chi connectivity index (χ2n) is 5.08. The van der Waals surface area contributed by atoms with Gasteiger partial charge in [-0.2, -0.15) is 0 Å². The first-order valence-corrected chi connectivity index (χ1v) is 8.92. The van der Waals surface area contributed by atoms with Gasteiger partial charge < -0.3 is 5.11 Å². The van der Waals surface area contributed by atoms with Crippen molar-refractivity contribution in [3.8, 4) is 0 Å². The van der Waals surface area contributed by atoms with Crippen molar-refractivity contribution in [3.63, 3.8) is 0 Å². The van der Waals surface area contributed by atoms with Gasteiger partial charge in [0.25, 0.3) is 0 Å². The lowest BCUT2D eigenvalue weighted by Gasteiger charge is -2.17. The van der Waals surface area contributed by atoms with Crippen LogP contribution in [0.2, 0.25) is 0 Å². The zero-order chi connectivity index (χ0) is 14.9. The molecule has 0 saturated heterocycles. The number of hydrogen-bond acceptors (Lipinski definition) is 3. The number of aromatic carboxylic acids is 1. The molecule has 1 aliphatic carbocycles. The summed E-state index contributed by atoms with van der Waals surface area (Å²) in [5.41, 5.74) is 0.00736. The minimum absolute atomic E-state index is 0.00736. The van der Waals surface area contributed by atoms with Gasteiger partial charge in [-0.05, 0) is 59.5 Å². The Morgan fingerprint density at radius 2 is 2.10 bits per heavy atom. The molecule has 2 N–H and O–H groups in total. The van der Waals surface area contributed by atoms with Gasteiger partial charge >= 0.3 is 5.97 Å². The third-order valence-electron chi connectivity index (χ3n) is 3.65. The van der Waals surface area contributed by atoms with Gasteiger partial charge in [0, 0.05) is 9.61 Å². The topological polar surface area (TPSA) is 83.5 Å². The Labute approximate surface area is 132 Å². The highest BCUT2D eigenvalue weighted by Gasteiger charge is 2.28. The normalized spacial score (nSPS) is 22.9. The maximum absolute atomic E-state index is 12.3. The first-order chi connectivity index (χ1) is 9.31. The van der Waals surface area contributed by atoms with E-state index >= 15 is 0 Å². The molecule has 0 aromatic heterocycles. The fourth-order valence-electron chi connectivity index (χ4n) is 2.42. The molecular formula is C13H16INO4S. The Morgan fingerprint density at radius 3 is 2.65 bits per heavy atom. The number of carboxylic acid groups (broad SMARTS) is 1. The summed E-state index contributed by atoms with van der Waals surface area (Å²) >= 11 is 1.88. The van der Waals surface area contributed by atoms with Crippen LogP contribution in [-0.2, 0) is 10.0 Å². The van der Waals surface area contributed by atoms with Crippen LogP contribution in [0.3, 0.4) is 0 Å². The van der Waals surface area contributed by atoms with Crippen LogP contribution >= 0.6 is 22.6 Å². The molecule has 1 aromatic carbocycles. The Bertz CT molecular complexity index is 629. The van der Waals surface area contributed by atoms with Crippen LogP contribution in [0, 0.1) is 9.49 Å². The van der Waals surface area contributed by atoms with Crippen molar-refractivity contribution >= 4 is 38.6 Å². The molecule has 0 amide bonds.